The number of nitrogens with two attached hydrogens (primary N) is 1. The Hall–Kier alpha value is -0.710. The van der Waals surface area contributed by atoms with Gasteiger partial charge in [0.25, 0.3) is 0 Å². The van der Waals surface area contributed by atoms with Crippen LogP contribution in [0.25, 0.3) is 0 Å². The van der Waals surface area contributed by atoms with E-state index in [1.807, 2.05) is 6.07 Å². The maximum atomic E-state index is 6.35. The van der Waals surface area contributed by atoms with Gasteiger partial charge >= 0.3 is 0 Å². The van der Waals surface area contributed by atoms with Gasteiger partial charge in [0, 0.05) is 15.1 Å². The van der Waals surface area contributed by atoms with Crippen molar-refractivity contribution < 1.29 is 0 Å². The largest absolute Gasteiger partial charge is 0.322 e. The van der Waals surface area contributed by atoms with Crippen molar-refractivity contribution in [3.05, 3.63) is 61.3 Å². The predicted octanol–water partition coefficient (Wildman–Crippen LogP) is 4.77. The van der Waals surface area contributed by atoms with Gasteiger partial charge in [-0.1, -0.05) is 17.7 Å². The highest BCUT2D eigenvalue weighted by atomic mass is 79.9. The lowest BCUT2D eigenvalue weighted by molar-refractivity contribution is 0.686. The highest BCUT2D eigenvalue weighted by Crippen LogP contribution is 2.27. The first-order chi connectivity index (χ1) is 9.38. The average molecular weight is 398 g/mol. The second-order valence-corrected chi connectivity index (χ2v) is 6.98. The summed E-state index contributed by atoms with van der Waals surface area (Å²) in [5.41, 5.74) is 12.4. The lowest BCUT2D eigenvalue weighted by Gasteiger charge is -2.17. The highest BCUT2D eigenvalue weighted by molar-refractivity contribution is 9.11. The van der Waals surface area contributed by atoms with Gasteiger partial charge in [-0.05, 0) is 81.8 Å². The molecular weight excluding hydrogens is 380 g/mol. The Morgan fingerprint density at radius 3 is 2.25 bits per heavy atom. The number of pyridine rings is 1. The molecule has 0 spiro atoms. The molecule has 0 aliphatic heterocycles. The van der Waals surface area contributed by atoms with Crippen LogP contribution >= 0.6 is 31.9 Å². The number of nitrogens with zero attached hydrogens (tertiary/aromatic N) is 1. The zero-order valence-electron chi connectivity index (χ0n) is 11.9. The molecule has 0 aliphatic carbocycles. The standard InChI is InChI=1S/C16H18Br2N2/c1-9-4-10(2)13(11(3)5-9)7-15(19)16-14(18)6-12(17)8-20-16/h4-6,8,15H,7,19H2,1-3H3. The van der Waals surface area contributed by atoms with Crippen LogP contribution in [-0.4, -0.2) is 4.98 Å². The second-order valence-electron chi connectivity index (χ2n) is 5.21. The third-order valence-electron chi connectivity index (χ3n) is 3.45. The average Bonchev–Trinajstić information content (AvgIpc) is 2.33. The van der Waals surface area contributed by atoms with Crippen LogP contribution in [-0.2, 0) is 6.42 Å². The zero-order chi connectivity index (χ0) is 14.9. The van der Waals surface area contributed by atoms with Crippen molar-refractivity contribution in [3.8, 4) is 0 Å². The molecule has 1 heterocycles. The van der Waals surface area contributed by atoms with Crippen molar-refractivity contribution >= 4 is 31.9 Å². The van der Waals surface area contributed by atoms with Gasteiger partial charge in [0.15, 0.2) is 0 Å². The summed E-state index contributed by atoms with van der Waals surface area (Å²) in [6.45, 7) is 6.41. The molecule has 2 aromatic rings. The fraction of sp³-hybridized carbons (Fsp3) is 0.312. The molecule has 2 rings (SSSR count). The van der Waals surface area contributed by atoms with Crippen molar-refractivity contribution in [2.24, 2.45) is 5.73 Å². The van der Waals surface area contributed by atoms with Crippen LogP contribution in [0.3, 0.4) is 0 Å². The van der Waals surface area contributed by atoms with Crippen LogP contribution in [0.2, 0.25) is 0 Å². The Labute approximate surface area is 137 Å². The first-order valence-corrected chi connectivity index (χ1v) is 8.10. The summed E-state index contributed by atoms with van der Waals surface area (Å²) < 4.78 is 1.89. The normalized spacial score (nSPS) is 12.5. The van der Waals surface area contributed by atoms with Crippen LogP contribution in [0.15, 0.2) is 33.3 Å². The minimum Gasteiger partial charge on any atom is -0.322 e. The molecule has 1 aromatic carbocycles. The number of halogens is 2. The molecule has 0 saturated heterocycles. The molecular formula is C16H18Br2N2. The van der Waals surface area contributed by atoms with Gasteiger partial charge < -0.3 is 5.73 Å². The molecule has 0 bridgehead atoms. The maximum Gasteiger partial charge on any atom is 0.0716 e. The van der Waals surface area contributed by atoms with Crippen molar-refractivity contribution in [2.45, 2.75) is 33.2 Å². The first kappa shape index (κ1) is 15.7. The summed E-state index contributed by atoms with van der Waals surface area (Å²) in [7, 11) is 0. The molecule has 0 fully saturated rings. The van der Waals surface area contributed by atoms with Crippen molar-refractivity contribution in [2.75, 3.05) is 0 Å². The van der Waals surface area contributed by atoms with Crippen molar-refractivity contribution in [1.82, 2.24) is 4.98 Å². The lowest BCUT2D eigenvalue weighted by Crippen LogP contribution is -2.17. The van der Waals surface area contributed by atoms with E-state index in [1.165, 1.54) is 22.3 Å². The summed E-state index contributed by atoms with van der Waals surface area (Å²) in [5.74, 6) is 0. The van der Waals surface area contributed by atoms with Crippen molar-refractivity contribution in [1.29, 1.82) is 0 Å². The van der Waals surface area contributed by atoms with Crippen LogP contribution in [0.4, 0.5) is 0 Å². The Morgan fingerprint density at radius 2 is 1.70 bits per heavy atom. The van der Waals surface area contributed by atoms with Gasteiger partial charge in [0.2, 0.25) is 0 Å². The minimum atomic E-state index is -0.113. The fourth-order valence-corrected chi connectivity index (χ4v) is 3.83. The lowest BCUT2D eigenvalue weighted by atomic mass is 9.93. The number of aryl methyl sites for hydroxylation is 3. The molecule has 2 N–H and O–H groups in total. The number of hydrogen-bond donors (Lipinski definition) is 1. The molecule has 0 radical (unpaired) electrons. The van der Waals surface area contributed by atoms with Gasteiger partial charge in [-0.25, -0.2) is 0 Å². The smallest absolute Gasteiger partial charge is 0.0716 e. The van der Waals surface area contributed by atoms with Gasteiger partial charge in [-0.2, -0.15) is 0 Å². The van der Waals surface area contributed by atoms with E-state index < -0.39 is 0 Å². The van der Waals surface area contributed by atoms with E-state index >= 15 is 0 Å². The minimum absolute atomic E-state index is 0.113. The van der Waals surface area contributed by atoms with E-state index in [0.717, 1.165) is 21.1 Å². The number of rotatable bonds is 3. The van der Waals surface area contributed by atoms with E-state index in [4.69, 9.17) is 5.73 Å². The number of aromatic nitrogens is 1. The Kier molecular flexibility index (Phi) is 4.99. The van der Waals surface area contributed by atoms with Crippen LogP contribution < -0.4 is 5.73 Å². The van der Waals surface area contributed by atoms with Gasteiger partial charge in [0.1, 0.15) is 0 Å². The summed E-state index contributed by atoms with van der Waals surface area (Å²) in [6, 6.07) is 6.28. The predicted molar refractivity (Wildman–Crippen MR) is 90.9 cm³/mol. The zero-order valence-corrected chi connectivity index (χ0v) is 15.0. The topological polar surface area (TPSA) is 38.9 Å². The van der Waals surface area contributed by atoms with E-state index in [1.54, 1.807) is 6.20 Å². The van der Waals surface area contributed by atoms with E-state index in [0.29, 0.717) is 0 Å². The Bertz CT molecular complexity index is 615. The molecule has 1 unspecified atom stereocenters. The highest BCUT2D eigenvalue weighted by Gasteiger charge is 2.15. The quantitative estimate of drug-likeness (QED) is 0.809. The van der Waals surface area contributed by atoms with E-state index in [-0.39, 0.29) is 6.04 Å². The maximum absolute atomic E-state index is 6.35. The van der Waals surface area contributed by atoms with Crippen LogP contribution in [0.1, 0.15) is 34.0 Å². The molecule has 1 aromatic heterocycles. The van der Waals surface area contributed by atoms with Crippen LogP contribution in [0, 0.1) is 20.8 Å². The third-order valence-corrected chi connectivity index (χ3v) is 4.52. The number of benzene rings is 1. The molecule has 4 heteroatoms. The monoisotopic (exact) mass is 396 g/mol. The molecule has 2 nitrogen and oxygen atoms in total. The van der Waals surface area contributed by atoms with Crippen molar-refractivity contribution in [3.63, 3.8) is 0 Å². The summed E-state index contributed by atoms with van der Waals surface area (Å²) >= 11 is 6.95. The molecule has 0 aliphatic rings. The molecule has 0 amide bonds. The molecule has 20 heavy (non-hydrogen) atoms. The molecule has 106 valence electrons. The third kappa shape index (κ3) is 3.48. The fourth-order valence-electron chi connectivity index (χ4n) is 2.55. The first-order valence-electron chi connectivity index (χ1n) is 6.51. The summed E-state index contributed by atoms with van der Waals surface area (Å²) in [4.78, 5) is 4.43. The summed E-state index contributed by atoms with van der Waals surface area (Å²) in [5, 5.41) is 0. The van der Waals surface area contributed by atoms with Gasteiger partial charge in [0.05, 0.1) is 11.7 Å². The van der Waals surface area contributed by atoms with E-state index in [2.05, 4.69) is 69.7 Å². The van der Waals surface area contributed by atoms with Gasteiger partial charge in [-0.15, -0.1) is 0 Å². The van der Waals surface area contributed by atoms with Crippen LogP contribution in [0.5, 0.6) is 0 Å². The second kappa shape index (κ2) is 6.37. The molecule has 0 saturated carbocycles. The van der Waals surface area contributed by atoms with E-state index in [9.17, 15) is 0 Å². The molecule has 1 atom stereocenters. The summed E-state index contributed by atoms with van der Waals surface area (Å²) in [6.07, 6.45) is 2.58. The SMILES string of the molecule is Cc1cc(C)c(CC(N)c2ncc(Br)cc2Br)c(C)c1. The number of hydrogen-bond acceptors (Lipinski definition) is 2. The van der Waals surface area contributed by atoms with Gasteiger partial charge in [-0.3, -0.25) is 4.98 Å². The Balaban J connectivity index is 2.30. The Morgan fingerprint density at radius 1 is 1.10 bits per heavy atom.